The number of aliphatic hydroxyl groups is 1. The van der Waals surface area contributed by atoms with Crippen molar-refractivity contribution in [1.82, 2.24) is 0 Å². The van der Waals surface area contributed by atoms with Crippen LogP contribution in [0.3, 0.4) is 0 Å². The third-order valence-corrected chi connectivity index (χ3v) is 5.56. The number of carboxylic acid groups (broad SMARTS) is 1. The molecule has 1 atom stereocenters. The van der Waals surface area contributed by atoms with Crippen molar-refractivity contribution >= 4 is 17.6 Å². The number of ether oxygens (including phenoxy) is 2. The van der Waals surface area contributed by atoms with E-state index >= 15 is 0 Å². The van der Waals surface area contributed by atoms with Gasteiger partial charge in [-0.1, -0.05) is 30.3 Å². The minimum atomic E-state index is -2.12. The van der Waals surface area contributed by atoms with Gasteiger partial charge in [0.15, 0.2) is 11.5 Å². The zero-order valence-corrected chi connectivity index (χ0v) is 16.1. The van der Waals surface area contributed by atoms with Crippen molar-refractivity contribution in [3.8, 4) is 17.2 Å². The number of hydrogen-bond donors (Lipinski definition) is 3. The van der Waals surface area contributed by atoms with Crippen LogP contribution in [-0.2, 0) is 16.9 Å². The topological polar surface area (TPSA) is 117 Å². The number of para-hydroxylation sites is 1. The number of benzene rings is 3. The number of carbonyl (C=O) groups is 2. The molecule has 0 spiro atoms. The van der Waals surface area contributed by atoms with Gasteiger partial charge < -0.3 is 29.7 Å². The molecule has 5 rings (SSSR count). The molecular weight excluding hydrogens is 402 g/mol. The third kappa shape index (κ3) is 2.80. The summed E-state index contributed by atoms with van der Waals surface area (Å²) >= 11 is 0. The molecule has 0 aliphatic carbocycles. The molecule has 8 nitrogen and oxygen atoms in total. The van der Waals surface area contributed by atoms with E-state index in [4.69, 9.17) is 14.6 Å². The van der Waals surface area contributed by atoms with Crippen LogP contribution in [0.2, 0.25) is 0 Å². The molecule has 3 aromatic carbocycles. The summed E-state index contributed by atoms with van der Waals surface area (Å²) in [5.74, 6) is -1.30. The fourth-order valence-corrected chi connectivity index (χ4v) is 4.01. The fraction of sp³-hybridized carbons (Fsp3) is 0.130. The highest BCUT2D eigenvalue weighted by molar-refractivity contribution is 6.09. The number of amides is 1. The Bertz CT molecular complexity index is 1220. The van der Waals surface area contributed by atoms with Crippen molar-refractivity contribution in [3.05, 3.63) is 82.9 Å². The molecule has 0 aromatic heterocycles. The van der Waals surface area contributed by atoms with Gasteiger partial charge in [-0.15, -0.1) is 0 Å². The first-order valence-electron chi connectivity index (χ1n) is 9.49. The van der Waals surface area contributed by atoms with E-state index in [1.165, 1.54) is 29.2 Å². The molecule has 0 radical (unpaired) electrons. The first-order valence-corrected chi connectivity index (χ1v) is 9.49. The van der Waals surface area contributed by atoms with Crippen molar-refractivity contribution in [2.24, 2.45) is 0 Å². The Labute approximate surface area is 176 Å². The highest BCUT2D eigenvalue weighted by atomic mass is 16.7. The van der Waals surface area contributed by atoms with Gasteiger partial charge in [0.25, 0.3) is 5.91 Å². The van der Waals surface area contributed by atoms with E-state index in [0.29, 0.717) is 28.3 Å². The number of carbonyl (C=O) groups excluding carboxylic acids is 1. The molecule has 0 saturated heterocycles. The zero-order valence-electron chi connectivity index (χ0n) is 16.1. The van der Waals surface area contributed by atoms with Crippen molar-refractivity contribution in [1.29, 1.82) is 0 Å². The van der Waals surface area contributed by atoms with Gasteiger partial charge in [-0.25, -0.2) is 4.79 Å². The minimum Gasteiger partial charge on any atom is -0.507 e. The summed E-state index contributed by atoms with van der Waals surface area (Å²) in [7, 11) is 0. The number of aromatic carboxylic acids is 1. The Balaban J connectivity index is 1.58. The number of phenols is 1. The molecule has 2 aliphatic rings. The zero-order chi connectivity index (χ0) is 21.8. The van der Waals surface area contributed by atoms with Crippen molar-refractivity contribution in [2.45, 2.75) is 12.1 Å². The highest BCUT2D eigenvalue weighted by Crippen LogP contribution is 2.50. The predicted octanol–water partition coefficient (Wildman–Crippen LogP) is 2.60. The Morgan fingerprint density at radius 2 is 1.68 bits per heavy atom. The van der Waals surface area contributed by atoms with Crippen LogP contribution in [-0.4, -0.2) is 34.0 Å². The van der Waals surface area contributed by atoms with Gasteiger partial charge in [-0.05, 0) is 29.8 Å². The maximum absolute atomic E-state index is 13.5. The van der Waals surface area contributed by atoms with Crippen LogP contribution in [0.25, 0.3) is 0 Å². The number of hydrogen-bond acceptors (Lipinski definition) is 6. The average molecular weight is 419 g/mol. The monoisotopic (exact) mass is 419 g/mol. The number of fused-ring (bicyclic) bond motifs is 2. The summed E-state index contributed by atoms with van der Waals surface area (Å²) < 4.78 is 10.6. The van der Waals surface area contributed by atoms with Gasteiger partial charge in [0.05, 0.1) is 17.8 Å². The lowest BCUT2D eigenvalue weighted by Crippen LogP contribution is -2.41. The quantitative estimate of drug-likeness (QED) is 0.595. The van der Waals surface area contributed by atoms with Crippen LogP contribution in [0.5, 0.6) is 17.2 Å². The molecule has 156 valence electrons. The van der Waals surface area contributed by atoms with Crippen LogP contribution in [0.4, 0.5) is 5.69 Å². The van der Waals surface area contributed by atoms with Gasteiger partial charge in [0.1, 0.15) is 5.75 Å². The molecule has 1 unspecified atom stereocenters. The van der Waals surface area contributed by atoms with Crippen LogP contribution >= 0.6 is 0 Å². The van der Waals surface area contributed by atoms with Crippen molar-refractivity contribution < 1.29 is 34.4 Å². The van der Waals surface area contributed by atoms with Crippen LogP contribution in [0.1, 0.15) is 27.0 Å². The first kappa shape index (κ1) is 19.0. The molecule has 2 aliphatic heterocycles. The summed E-state index contributed by atoms with van der Waals surface area (Å²) in [5, 5.41) is 31.3. The number of carboxylic acids is 1. The summed E-state index contributed by atoms with van der Waals surface area (Å²) in [5.41, 5.74) is -0.475. The summed E-state index contributed by atoms with van der Waals surface area (Å²) in [6.45, 7) is 0.100. The molecule has 0 saturated carbocycles. The lowest BCUT2D eigenvalue weighted by Gasteiger charge is -2.25. The molecular formula is C23H17NO7. The van der Waals surface area contributed by atoms with Crippen LogP contribution < -0.4 is 14.4 Å². The second-order valence-corrected chi connectivity index (χ2v) is 7.34. The number of aromatic hydroxyl groups is 1. The van der Waals surface area contributed by atoms with E-state index in [0.717, 1.165) is 0 Å². The van der Waals surface area contributed by atoms with Crippen molar-refractivity contribution in [2.75, 3.05) is 11.7 Å². The highest BCUT2D eigenvalue weighted by Gasteiger charge is 2.52. The second kappa shape index (κ2) is 6.75. The second-order valence-electron chi connectivity index (χ2n) is 7.34. The Kier molecular flexibility index (Phi) is 4.13. The SMILES string of the molecule is O=C(O)c1ccc(CN2C(=O)C(O)(c3cc4c(cc3O)OCO4)c3ccccc32)cc1. The first-order chi connectivity index (χ1) is 14.9. The van der Waals surface area contributed by atoms with E-state index < -0.39 is 17.5 Å². The largest absolute Gasteiger partial charge is 0.507 e. The van der Waals surface area contributed by atoms with Crippen molar-refractivity contribution in [3.63, 3.8) is 0 Å². The van der Waals surface area contributed by atoms with E-state index in [1.807, 2.05) is 0 Å². The number of nitrogens with zero attached hydrogens (tertiary/aromatic N) is 1. The predicted molar refractivity (Wildman–Crippen MR) is 108 cm³/mol. The Hall–Kier alpha value is -4.04. The molecule has 31 heavy (non-hydrogen) atoms. The number of rotatable bonds is 4. The van der Waals surface area contributed by atoms with E-state index in [2.05, 4.69) is 0 Å². The van der Waals surface area contributed by atoms with Crippen LogP contribution in [0.15, 0.2) is 60.7 Å². The molecule has 0 bridgehead atoms. The fourth-order valence-electron chi connectivity index (χ4n) is 4.01. The lowest BCUT2D eigenvalue weighted by molar-refractivity contribution is -0.132. The smallest absolute Gasteiger partial charge is 0.335 e. The van der Waals surface area contributed by atoms with Gasteiger partial charge in [-0.3, -0.25) is 4.79 Å². The average Bonchev–Trinajstić information content (AvgIpc) is 3.30. The van der Waals surface area contributed by atoms with Crippen LogP contribution in [0, 0.1) is 0 Å². The molecule has 3 aromatic rings. The summed E-state index contributed by atoms with van der Waals surface area (Å²) in [6.07, 6.45) is 0. The summed E-state index contributed by atoms with van der Waals surface area (Å²) in [4.78, 5) is 26.0. The van der Waals surface area contributed by atoms with E-state index in [1.54, 1.807) is 36.4 Å². The molecule has 0 fully saturated rings. The van der Waals surface area contributed by atoms with E-state index in [9.17, 15) is 19.8 Å². The molecule has 3 N–H and O–H groups in total. The van der Waals surface area contributed by atoms with E-state index in [-0.39, 0.29) is 30.2 Å². The minimum absolute atomic E-state index is 0.00192. The maximum atomic E-state index is 13.5. The third-order valence-electron chi connectivity index (χ3n) is 5.56. The molecule has 2 heterocycles. The van der Waals surface area contributed by atoms with Gasteiger partial charge in [-0.2, -0.15) is 0 Å². The Morgan fingerprint density at radius 1 is 1.00 bits per heavy atom. The molecule has 1 amide bonds. The van der Waals surface area contributed by atoms with Gasteiger partial charge >= 0.3 is 5.97 Å². The number of anilines is 1. The van der Waals surface area contributed by atoms with Gasteiger partial charge in [0, 0.05) is 17.2 Å². The molecule has 8 heteroatoms. The normalized spacial score (nSPS) is 18.9. The maximum Gasteiger partial charge on any atom is 0.335 e. The summed E-state index contributed by atoms with van der Waals surface area (Å²) in [6, 6.07) is 15.7. The number of phenolic OH excluding ortho intramolecular Hbond substituents is 1. The van der Waals surface area contributed by atoms with Gasteiger partial charge in [0.2, 0.25) is 12.4 Å². The standard InChI is InChI=1S/C23H17NO7/c25-18-10-20-19(30-12-31-20)9-16(18)23(29)15-3-1-2-4-17(15)24(22(23)28)11-13-5-7-14(8-6-13)21(26)27/h1-10,25,29H,11-12H2,(H,26,27). The Morgan fingerprint density at radius 3 is 2.39 bits per heavy atom. The lowest BCUT2D eigenvalue weighted by atomic mass is 9.86.